The van der Waals surface area contributed by atoms with Gasteiger partial charge in [-0.25, -0.2) is 8.42 Å². The summed E-state index contributed by atoms with van der Waals surface area (Å²) >= 11 is 0. The second kappa shape index (κ2) is 8.03. The van der Waals surface area contributed by atoms with Gasteiger partial charge in [0.1, 0.15) is 6.61 Å². The van der Waals surface area contributed by atoms with Crippen LogP contribution in [0, 0.1) is 0 Å². The Hall–Kier alpha value is -2.59. The molecule has 6 nitrogen and oxygen atoms in total. The van der Waals surface area contributed by atoms with E-state index in [0.717, 1.165) is 36.6 Å². The highest BCUT2D eigenvalue weighted by Crippen LogP contribution is 2.33. The average Bonchev–Trinajstić information content (AvgIpc) is 2.67. The number of benzene rings is 2. The van der Waals surface area contributed by atoms with E-state index in [0.29, 0.717) is 18.3 Å². The molecule has 2 aromatic rings. The van der Waals surface area contributed by atoms with E-state index in [4.69, 9.17) is 4.74 Å². The van der Waals surface area contributed by atoms with E-state index in [9.17, 15) is 26.4 Å². The summed E-state index contributed by atoms with van der Waals surface area (Å²) in [4.78, 5) is 13.3. The zero-order valence-electron chi connectivity index (χ0n) is 15.5. The second-order valence-electron chi connectivity index (χ2n) is 6.56. The highest BCUT2D eigenvalue weighted by atomic mass is 32.2. The molecule has 1 heterocycles. The molecule has 0 aliphatic carbocycles. The Balaban J connectivity index is 1.91. The predicted molar refractivity (Wildman–Crippen MR) is 101 cm³/mol. The van der Waals surface area contributed by atoms with E-state index in [2.05, 4.69) is 4.72 Å². The van der Waals surface area contributed by atoms with Crippen LogP contribution in [0.5, 0.6) is 0 Å². The van der Waals surface area contributed by atoms with Crippen molar-refractivity contribution in [1.29, 1.82) is 0 Å². The number of carbonyl (C=O) groups is 1. The molecular formula is C19H19F3N2O4S. The molecule has 0 radical (unpaired) electrons. The predicted octanol–water partition coefficient (Wildman–Crippen LogP) is 3.43. The van der Waals surface area contributed by atoms with Gasteiger partial charge < -0.3 is 9.64 Å². The van der Waals surface area contributed by atoms with Gasteiger partial charge in [-0.05, 0) is 48.7 Å². The third-order valence-electron chi connectivity index (χ3n) is 4.50. The molecular weight excluding hydrogens is 409 g/mol. The Kier molecular flexibility index (Phi) is 5.85. The van der Waals surface area contributed by atoms with Crippen LogP contribution in [-0.4, -0.2) is 34.6 Å². The fourth-order valence-electron chi connectivity index (χ4n) is 3.15. The summed E-state index contributed by atoms with van der Waals surface area (Å²) in [6.07, 6.45) is -3.16. The summed E-state index contributed by atoms with van der Waals surface area (Å²) in [5.41, 5.74) is 0.533. The number of fused-ring (bicyclic) bond motifs is 1. The molecule has 0 bridgehead atoms. The molecule has 1 N–H and O–H groups in total. The van der Waals surface area contributed by atoms with E-state index in [1.165, 1.54) is 24.1 Å². The number of nitrogens with one attached hydrogen (secondary N) is 1. The smallest absolute Gasteiger partial charge is 0.375 e. The van der Waals surface area contributed by atoms with Crippen LogP contribution in [-0.2, 0) is 32.2 Å². The number of rotatable bonds is 5. The number of carbonyl (C=O) groups excluding carboxylic acids is 1. The molecule has 29 heavy (non-hydrogen) atoms. The van der Waals surface area contributed by atoms with Crippen molar-refractivity contribution in [3.63, 3.8) is 0 Å². The number of alkyl halides is 3. The molecule has 2 aromatic carbocycles. The van der Waals surface area contributed by atoms with Crippen LogP contribution < -0.4 is 9.62 Å². The van der Waals surface area contributed by atoms with Gasteiger partial charge in [-0.2, -0.15) is 13.2 Å². The van der Waals surface area contributed by atoms with Crippen molar-refractivity contribution in [2.24, 2.45) is 0 Å². The third-order valence-corrected chi connectivity index (χ3v) is 5.88. The van der Waals surface area contributed by atoms with E-state index in [1.807, 2.05) is 0 Å². The summed E-state index contributed by atoms with van der Waals surface area (Å²) in [6.45, 7) is 0.360. The topological polar surface area (TPSA) is 75.7 Å². The Morgan fingerprint density at radius 1 is 1.21 bits per heavy atom. The summed E-state index contributed by atoms with van der Waals surface area (Å²) in [5.74, 6) is -0.258. The van der Waals surface area contributed by atoms with E-state index in [-0.39, 0.29) is 18.2 Å². The molecule has 10 heteroatoms. The normalized spacial score (nSPS) is 14.4. The van der Waals surface area contributed by atoms with Crippen LogP contribution >= 0.6 is 0 Å². The van der Waals surface area contributed by atoms with E-state index >= 15 is 0 Å². The molecule has 156 valence electrons. The lowest BCUT2D eigenvalue weighted by atomic mass is 10.0. The fraction of sp³-hybridized carbons (Fsp3) is 0.316. The number of halogens is 3. The number of hydrogen-bond donors (Lipinski definition) is 1. The van der Waals surface area contributed by atoms with Crippen LogP contribution in [0.15, 0.2) is 47.4 Å². The number of sulfonamides is 1. The minimum Gasteiger partial charge on any atom is -0.375 e. The lowest BCUT2D eigenvalue weighted by molar-refractivity contribution is -0.137. The van der Waals surface area contributed by atoms with Crippen LogP contribution in [0.3, 0.4) is 0 Å². The monoisotopic (exact) mass is 428 g/mol. The lowest BCUT2D eigenvalue weighted by Crippen LogP contribution is -2.37. The van der Waals surface area contributed by atoms with Crippen LogP contribution in [0.4, 0.5) is 24.5 Å². The first-order chi connectivity index (χ1) is 13.6. The number of aryl methyl sites for hydroxylation is 1. The fourth-order valence-corrected chi connectivity index (χ4v) is 4.25. The van der Waals surface area contributed by atoms with Gasteiger partial charge in [0.05, 0.1) is 16.1 Å². The zero-order valence-corrected chi connectivity index (χ0v) is 16.3. The first-order valence-electron chi connectivity index (χ1n) is 8.74. The van der Waals surface area contributed by atoms with Crippen molar-refractivity contribution < 1.29 is 31.1 Å². The minimum atomic E-state index is -4.65. The Labute approximate surface area is 166 Å². The average molecular weight is 428 g/mol. The number of hydrogen-bond acceptors (Lipinski definition) is 4. The van der Waals surface area contributed by atoms with Gasteiger partial charge in [-0.3, -0.25) is 9.52 Å². The van der Waals surface area contributed by atoms with Crippen LogP contribution in [0.25, 0.3) is 0 Å². The third kappa shape index (κ3) is 4.70. The van der Waals surface area contributed by atoms with Crippen LogP contribution in [0.1, 0.15) is 17.5 Å². The van der Waals surface area contributed by atoms with Crippen molar-refractivity contribution >= 4 is 27.3 Å². The summed E-state index contributed by atoms with van der Waals surface area (Å²) in [7, 11) is -2.84. The highest BCUT2D eigenvalue weighted by Gasteiger charge is 2.32. The van der Waals surface area contributed by atoms with Gasteiger partial charge in [0.15, 0.2) is 0 Å². The maximum Gasteiger partial charge on any atom is 0.416 e. The quantitative estimate of drug-likeness (QED) is 0.792. The Bertz CT molecular complexity index is 1020. The molecule has 1 aliphatic heterocycles. The van der Waals surface area contributed by atoms with Gasteiger partial charge in [-0.15, -0.1) is 0 Å². The number of amides is 1. The molecule has 3 rings (SSSR count). The summed E-state index contributed by atoms with van der Waals surface area (Å²) < 4.78 is 71.0. The molecule has 0 aromatic heterocycles. The zero-order chi connectivity index (χ0) is 21.2. The summed E-state index contributed by atoms with van der Waals surface area (Å²) in [5, 5.41) is 0. The number of methoxy groups -OCH3 is 1. The number of anilines is 2. The van der Waals surface area contributed by atoms with Gasteiger partial charge in [0.25, 0.3) is 15.9 Å². The maximum absolute atomic E-state index is 12.9. The van der Waals surface area contributed by atoms with E-state index in [1.54, 1.807) is 6.07 Å². The van der Waals surface area contributed by atoms with Crippen molar-refractivity contribution in [2.75, 3.05) is 29.9 Å². The molecule has 0 saturated carbocycles. The number of nitrogens with zero attached hydrogens (tertiary/aromatic N) is 1. The van der Waals surface area contributed by atoms with E-state index < -0.39 is 26.7 Å². The number of ether oxygens (including phenoxy) is 1. The van der Waals surface area contributed by atoms with Crippen molar-refractivity contribution in [1.82, 2.24) is 0 Å². The van der Waals surface area contributed by atoms with Crippen molar-refractivity contribution in [3.05, 3.63) is 53.6 Å². The minimum absolute atomic E-state index is 0.111. The molecule has 0 spiro atoms. The van der Waals surface area contributed by atoms with Gasteiger partial charge in [0, 0.05) is 19.3 Å². The SMILES string of the molecule is COCC(=O)N1CCCc2ccc(NS(=O)(=O)c3cccc(C(F)(F)F)c3)cc21. The van der Waals surface area contributed by atoms with Gasteiger partial charge in [-0.1, -0.05) is 12.1 Å². The molecule has 0 unspecified atom stereocenters. The highest BCUT2D eigenvalue weighted by molar-refractivity contribution is 7.92. The first kappa shape index (κ1) is 21.1. The Morgan fingerprint density at radius 3 is 2.66 bits per heavy atom. The summed E-state index contributed by atoms with van der Waals surface area (Å²) in [6, 6.07) is 8.24. The molecule has 0 fully saturated rings. The lowest BCUT2D eigenvalue weighted by Gasteiger charge is -2.30. The Morgan fingerprint density at radius 2 is 1.97 bits per heavy atom. The largest absolute Gasteiger partial charge is 0.416 e. The van der Waals surface area contributed by atoms with Crippen LogP contribution in [0.2, 0.25) is 0 Å². The molecule has 1 amide bonds. The molecule has 0 saturated heterocycles. The molecule has 0 atom stereocenters. The van der Waals surface area contributed by atoms with Crippen molar-refractivity contribution in [2.45, 2.75) is 23.9 Å². The first-order valence-corrected chi connectivity index (χ1v) is 10.2. The maximum atomic E-state index is 12.9. The van der Waals surface area contributed by atoms with Crippen molar-refractivity contribution in [3.8, 4) is 0 Å². The second-order valence-corrected chi connectivity index (χ2v) is 8.24. The molecule has 1 aliphatic rings. The van der Waals surface area contributed by atoms with Gasteiger partial charge in [0.2, 0.25) is 0 Å². The van der Waals surface area contributed by atoms with Gasteiger partial charge >= 0.3 is 6.18 Å². The standard InChI is InChI=1S/C19H19F3N2O4S/c1-28-12-18(25)24-9-3-4-13-7-8-15(11-17(13)24)23-29(26,27)16-6-2-5-14(10-16)19(20,21)22/h2,5-8,10-11,23H,3-4,9,12H2,1H3.